The van der Waals surface area contributed by atoms with Crippen molar-refractivity contribution < 1.29 is 9.21 Å². The van der Waals surface area contributed by atoms with Crippen molar-refractivity contribution in [1.82, 2.24) is 14.5 Å². The summed E-state index contributed by atoms with van der Waals surface area (Å²) in [6.45, 7) is 2.82. The summed E-state index contributed by atoms with van der Waals surface area (Å²) in [6, 6.07) is 4.03. The molecule has 1 fully saturated rings. The number of hydrogen-bond acceptors (Lipinski definition) is 5. The van der Waals surface area contributed by atoms with E-state index in [1.165, 1.54) is 11.5 Å². The van der Waals surface area contributed by atoms with Gasteiger partial charge in [-0.15, -0.1) is 5.10 Å². The van der Waals surface area contributed by atoms with E-state index in [4.69, 9.17) is 4.42 Å². The first-order valence-electron chi connectivity index (χ1n) is 7.46. The molecule has 0 radical (unpaired) electrons. The van der Waals surface area contributed by atoms with Gasteiger partial charge >= 0.3 is 0 Å². The normalized spacial score (nSPS) is 19.5. The van der Waals surface area contributed by atoms with Crippen LogP contribution in [0, 0.1) is 0 Å². The highest BCUT2D eigenvalue weighted by molar-refractivity contribution is 7.03. The van der Waals surface area contributed by atoms with E-state index < -0.39 is 0 Å². The lowest BCUT2D eigenvalue weighted by atomic mass is 10.1. The number of aryl methyl sites for hydroxylation is 1. The molecule has 0 saturated carbocycles. The van der Waals surface area contributed by atoms with Crippen LogP contribution >= 0.6 is 11.5 Å². The summed E-state index contributed by atoms with van der Waals surface area (Å²) in [5.41, 5.74) is 0.439. The minimum Gasteiger partial charge on any atom is -0.464 e. The third-order valence-electron chi connectivity index (χ3n) is 3.95. The third kappa shape index (κ3) is 3.00. The predicted molar refractivity (Wildman–Crippen MR) is 80.2 cm³/mol. The van der Waals surface area contributed by atoms with Crippen LogP contribution in [0.4, 0.5) is 0 Å². The fourth-order valence-electron chi connectivity index (χ4n) is 2.82. The van der Waals surface area contributed by atoms with Gasteiger partial charge in [-0.1, -0.05) is 24.3 Å². The highest BCUT2D eigenvalue weighted by Crippen LogP contribution is 2.32. The number of rotatable bonds is 3. The van der Waals surface area contributed by atoms with E-state index in [-0.39, 0.29) is 11.9 Å². The molecule has 1 aliphatic rings. The first kappa shape index (κ1) is 14.3. The molecule has 3 rings (SSSR count). The van der Waals surface area contributed by atoms with Crippen molar-refractivity contribution in [3.63, 3.8) is 0 Å². The van der Waals surface area contributed by atoms with Crippen LogP contribution in [-0.2, 0) is 6.42 Å². The second kappa shape index (κ2) is 6.39. The second-order valence-corrected chi connectivity index (χ2v) is 5.92. The van der Waals surface area contributed by atoms with E-state index >= 15 is 0 Å². The molecule has 2 aromatic heterocycles. The Hall–Kier alpha value is -1.69. The van der Waals surface area contributed by atoms with Gasteiger partial charge in [0.25, 0.3) is 5.91 Å². The summed E-state index contributed by atoms with van der Waals surface area (Å²) < 4.78 is 9.70. The summed E-state index contributed by atoms with van der Waals surface area (Å²) in [5.74, 6) is 1.83. The van der Waals surface area contributed by atoms with Crippen LogP contribution in [-0.4, -0.2) is 26.9 Å². The lowest BCUT2D eigenvalue weighted by molar-refractivity contribution is 0.0651. The Bertz CT molecular complexity index is 594. The molecular formula is C15H19N3O2S. The van der Waals surface area contributed by atoms with E-state index in [1.807, 2.05) is 17.0 Å². The molecule has 0 aliphatic carbocycles. The molecule has 112 valence electrons. The van der Waals surface area contributed by atoms with Crippen molar-refractivity contribution in [3.05, 3.63) is 34.7 Å². The van der Waals surface area contributed by atoms with E-state index in [0.29, 0.717) is 5.69 Å². The Morgan fingerprint density at radius 3 is 3.05 bits per heavy atom. The van der Waals surface area contributed by atoms with Crippen LogP contribution in [0.25, 0.3) is 0 Å². The smallest absolute Gasteiger partial charge is 0.275 e. The van der Waals surface area contributed by atoms with Gasteiger partial charge in [-0.25, -0.2) is 0 Å². The number of carbonyl (C=O) groups excluding carboxylic acids is 1. The monoisotopic (exact) mass is 305 g/mol. The van der Waals surface area contributed by atoms with Crippen LogP contribution in [0.1, 0.15) is 60.7 Å². The molecule has 1 amide bonds. The largest absolute Gasteiger partial charge is 0.464 e. The summed E-state index contributed by atoms with van der Waals surface area (Å²) in [6.07, 6.45) is 5.11. The van der Waals surface area contributed by atoms with Gasteiger partial charge in [-0.2, -0.15) is 0 Å². The zero-order valence-electron chi connectivity index (χ0n) is 12.1. The first-order chi connectivity index (χ1) is 10.3. The SMILES string of the molecule is CCc1ccc([C@H]2CCCCCN2C(=O)c2csnn2)o1. The number of carbonyl (C=O) groups is 1. The van der Waals surface area contributed by atoms with E-state index in [1.54, 1.807) is 5.38 Å². The molecule has 21 heavy (non-hydrogen) atoms. The van der Waals surface area contributed by atoms with Gasteiger partial charge in [0.2, 0.25) is 0 Å². The van der Waals surface area contributed by atoms with Crippen molar-refractivity contribution in [2.45, 2.75) is 45.1 Å². The minimum atomic E-state index is -0.0369. The van der Waals surface area contributed by atoms with Gasteiger partial charge in [0.05, 0.1) is 6.04 Å². The van der Waals surface area contributed by atoms with Crippen LogP contribution in [0.15, 0.2) is 21.9 Å². The Balaban J connectivity index is 1.88. The number of furan rings is 1. The van der Waals surface area contributed by atoms with E-state index in [0.717, 1.165) is 50.2 Å². The van der Waals surface area contributed by atoms with Gasteiger partial charge in [0.1, 0.15) is 11.5 Å². The Labute approximate surface area is 128 Å². The molecule has 3 heterocycles. The fraction of sp³-hybridized carbons (Fsp3) is 0.533. The number of hydrogen-bond donors (Lipinski definition) is 0. The van der Waals surface area contributed by atoms with Gasteiger partial charge in [0, 0.05) is 18.3 Å². The zero-order valence-corrected chi connectivity index (χ0v) is 12.9. The van der Waals surface area contributed by atoms with Gasteiger partial charge in [-0.3, -0.25) is 4.79 Å². The fourth-order valence-corrected chi connectivity index (χ4v) is 3.25. The van der Waals surface area contributed by atoms with Crippen LogP contribution < -0.4 is 0 Å². The number of amides is 1. The van der Waals surface area contributed by atoms with Crippen molar-refractivity contribution in [1.29, 1.82) is 0 Å². The van der Waals surface area contributed by atoms with Crippen molar-refractivity contribution in [2.75, 3.05) is 6.54 Å². The zero-order chi connectivity index (χ0) is 14.7. The predicted octanol–water partition coefficient (Wildman–Crippen LogP) is 3.45. The van der Waals surface area contributed by atoms with Crippen molar-refractivity contribution >= 4 is 17.4 Å². The van der Waals surface area contributed by atoms with Gasteiger partial charge in [-0.05, 0) is 36.5 Å². The van der Waals surface area contributed by atoms with Gasteiger partial charge < -0.3 is 9.32 Å². The molecule has 2 aromatic rings. The Morgan fingerprint density at radius 2 is 2.33 bits per heavy atom. The van der Waals surface area contributed by atoms with Crippen molar-refractivity contribution in [2.24, 2.45) is 0 Å². The molecule has 1 aliphatic heterocycles. The number of nitrogens with zero attached hydrogens (tertiary/aromatic N) is 3. The Morgan fingerprint density at radius 1 is 1.43 bits per heavy atom. The van der Waals surface area contributed by atoms with Crippen LogP contribution in [0.2, 0.25) is 0 Å². The van der Waals surface area contributed by atoms with E-state index in [2.05, 4.69) is 16.5 Å². The standard InChI is InChI=1S/C15H19N3O2S/c1-2-11-7-8-14(20-11)13-6-4-3-5-9-18(13)15(19)12-10-21-17-16-12/h7-8,10,13H,2-6,9H2,1H3/t13-/m1/s1. The quantitative estimate of drug-likeness (QED) is 0.871. The molecule has 0 spiro atoms. The molecule has 6 heteroatoms. The maximum absolute atomic E-state index is 12.7. The second-order valence-electron chi connectivity index (χ2n) is 5.31. The number of likely N-dealkylation sites (tertiary alicyclic amines) is 1. The average molecular weight is 305 g/mol. The summed E-state index contributed by atoms with van der Waals surface area (Å²) in [5, 5.41) is 5.63. The highest BCUT2D eigenvalue weighted by Gasteiger charge is 2.30. The molecule has 0 unspecified atom stereocenters. The summed E-state index contributed by atoms with van der Waals surface area (Å²) in [7, 11) is 0. The lowest BCUT2D eigenvalue weighted by Gasteiger charge is -2.27. The van der Waals surface area contributed by atoms with Crippen molar-refractivity contribution in [3.8, 4) is 0 Å². The highest BCUT2D eigenvalue weighted by atomic mass is 32.1. The summed E-state index contributed by atoms with van der Waals surface area (Å²) >= 11 is 1.21. The third-order valence-corrected chi connectivity index (χ3v) is 4.46. The summed E-state index contributed by atoms with van der Waals surface area (Å²) in [4.78, 5) is 14.6. The maximum Gasteiger partial charge on any atom is 0.275 e. The molecule has 1 atom stereocenters. The lowest BCUT2D eigenvalue weighted by Crippen LogP contribution is -2.34. The molecule has 0 aromatic carbocycles. The molecule has 0 N–H and O–H groups in total. The maximum atomic E-state index is 12.7. The molecule has 0 bridgehead atoms. The Kier molecular flexibility index (Phi) is 4.34. The topological polar surface area (TPSA) is 59.2 Å². The van der Waals surface area contributed by atoms with Gasteiger partial charge in [0.15, 0.2) is 5.69 Å². The van der Waals surface area contributed by atoms with Crippen LogP contribution in [0.5, 0.6) is 0 Å². The molecular weight excluding hydrogens is 286 g/mol. The van der Waals surface area contributed by atoms with E-state index in [9.17, 15) is 4.79 Å². The number of aromatic nitrogens is 2. The molecule has 5 nitrogen and oxygen atoms in total. The minimum absolute atomic E-state index is 0.0157. The van der Waals surface area contributed by atoms with Crippen LogP contribution in [0.3, 0.4) is 0 Å². The average Bonchev–Trinajstić information content (AvgIpc) is 3.14. The first-order valence-corrected chi connectivity index (χ1v) is 8.30. The molecule has 1 saturated heterocycles.